The van der Waals surface area contributed by atoms with Crippen LogP contribution in [0.3, 0.4) is 0 Å². The van der Waals surface area contributed by atoms with Crippen LogP contribution in [0.5, 0.6) is 0 Å². The lowest BCUT2D eigenvalue weighted by Gasteiger charge is -2.34. The van der Waals surface area contributed by atoms with Crippen LogP contribution in [-0.4, -0.2) is 79.2 Å². The molecule has 1 saturated carbocycles. The predicted molar refractivity (Wildman–Crippen MR) is 142 cm³/mol. The molecule has 3 aliphatic rings. The maximum Gasteiger partial charge on any atom is 0.410 e. The lowest BCUT2D eigenvalue weighted by Crippen LogP contribution is -2.46. The highest BCUT2D eigenvalue weighted by Gasteiger charge is 2.32. The van der Waals surface area contributed by atoms with Gasteiger partial charge in [-0.05, 0) is 65.2 Å². The van der Waals surface area contributed by atoms with E-state index in [1.165, 1.54) is 12.8 Å². The quantitative estimate of drug-likeness (QED) is 0.297. The van der Waals surface area contributed by atoms with Gasteiger partial charge in [0.15, 0.2) is 5.96 Å². The van der Waals surface area contributed by atoms with Crippen LogP contribution in [0.1, 0.15) is 72.1 Å². The van der Waals surface area contributed by atoms with E-state index in [-0.39, 0.29) is 42.0 Å². The van der Waals surface area contributed by atoms with Crippen LogP contribution in [0.15, 0.2) is 4.99 Å². The minimum Gasteiger partial charge on any atom is -0.444 e. The van der Waals surface area contributed by atoms with Gasteiger partial charge in [0.1, 0.15) is 5.60 Å². The van der Waals surface area contributed by atoms with E-state index in [1.54, 1.807) is 7.05 Å². The van der Waals surface area contributed by atoms with Crippen molar-refractivity contribution >= 4 is 41.9 Å². The first-order valence-electron chi connectivity index (χ1n) is 12.5. The molecule has 2 aliphatic heterocycles. The third kappa shape index (κ3) is 8.79. The second kappa shape index (κ2) is 13.0. The number of ether oxygens (including phenoxy) is 1. The van der Waals surface area contributed by atoms with E-state index in [0.29, 0.717) is 11.8 Å². The number of guanidine groups is 1. The van der Waals surface area contributed by atoms with Gasteiger partial charge in [-0.2, -0.15) is 0 Å². The summed E-state index contributed by atoms with van der Waals surface area (Å²) < 4.78 is 5.53. The first-order valence-corrected chi connectivity index (χ1v) is 12.5. The lowest BCUT2D eigenvalue weighted by molar-refractivity contribution is -0.134. The van der Waals surface area contributed by atoms with Gasteiger partial charge in [0.05, 0.1) is 0 Å². The van der Waals surface area contributed by atoms with E-state index in [2.05, 4.69) is 15.6 Å². The van der Waals surface area contributed by atoms with Crippen LogP contribution in [0.2, 0.25) is 0 Å². The Morgan fingerprint density at radius 1 is 1.00 bits per heavy atom. The summed E-state index contributed by atoms with van der Waals surface area (Å²) >= 11 is 0. The molecule has 0 aromatic carbocycles. The summed E-state index contributed by atoms with van der Waals surface area (Å²) in [5, 5.41) is 6.92. The molecule has 2 amide bonds. The Morgan fingerprint density at radius 3 is 2.39 bits per heavy atom. The maximum atomic E-state index is 12.7. The van der Waals surface area contributed by atoms with Crippen LogP contribution >= 0.6 is 24.0 Å². The Hall–Kier alpha value is -1.26. The number of aliphatic imine (C=N–C) groups is 1. The number of halogens is 1. The Bertz CT molecular complexity index is 676. The summed E-state index contributed by atoms with van der Waals surface area (Å²) in [6.45, 7) is 9.67. The van der Waals surface area contributed by atoms with Gasteiger partial charge in [-0.3, -0.25) is 9.79 Å². The van der Waals surface area contributed by atoms with Crippen molar-refractivity contribution in [3.8, 4) is 0 Å². The zero-order valence-corrected chi connectivity index (χ0v) is 23.2. The van der Waals surface area contributed by atoms with Gasteiger partial charge >= 0.3 is 6.09 Å². The first-order chi connectivity index (χ1) is 15.2. The van der Waals surface area contributed by atoms with Crippen molar-refractivity contribution in [2.24, 2.45) is 16.8 Å². The number of likely N-dealkylation sites (tertiary alicyclic amines) is 2. The predicted octanol–water partition coefficient (Wildman–Crippen LogP) is 3.60. The number of hydrogen-bond donors (Lipinski definition) is 2. The first kappa shape index (κ1) is 28.0. The van der Waals surface area contributed by atoms with Crippen LogP contribution < -0.4 is 10.6 Å². The van der Waals surface area contributed by atoms with Crippen molar-refractivity contribution in [3.05, 3.63) is 0 Å². The topological polar surface area (TPSA) is 86.3 Å². The molecular weight excluding hydrogens is 533 g/mol. The molecule has 1 aliphatic carbocycles. The standard InChI is InChI=1S/C24H43N5O3.HI/c1-24(2,3)32-23(31)29-14-7-8-18(16-29)11-13-26-22(25-4)27-20-12-15-28(17-20)21(30)19-9-5-6-10-19;/h18-20H,5-17H2,1-4H3,(H2,25,26,27);1H. The summed E-state index contributed by atoms with van der Waals surface area (Å²) in [7, 11) is 1.79. The zero-order valence-electron chi connectivity index (χ0n) is 20.9. The van der Waals surface area contributed by atoms with Crippen molar-refractivity contribution < 1.29 is 14.3 Å². The molecule has 190 valence electrons. The van der Waals surface area contributed by atoms with Crippen LogP contribution in [0.25, 0.3) is 0 Å². The normalized spacial score (nSPS) is 24.4. The second-order valence-electron chi connectivity index (χ2n) is 10.6. The smallest absolute Gasteiger partial charge is 0.410 e. The largest absolute Gasteiger partial charge is 0.444 e. The highest BCUT2D eigenvalue weighted by Crippen LogP contribution is 2.28. The van der Waals surface area contributed by atoms with Crippen molar-refractivity contribution in [2.75, 3.05) is 39.8 Å². The van der Waals surface area contributed by atoms with Crippen LogP contribution in [-0.2, 0) is 9.53 Å². The fraction of sp³-hybridized carbons (Fsp3) is 0.875. The molecule has 0 bridgehead atoms. The average Bonchev–Trinajstić information content (AvgIpc) is 3.44. The van der Waals surface area contributed by atoms with Gasteiger partial charge < -0.3 is 25.2 Å². The van der Waals surface area contributed by atoms with Gasteiger partial charge in [-0.15, -0.1) is 24.0 Å². The Balaban J connectivity index is 0.00000385. The fourth-order valence-electron chi connectivity index (χ4n) is 5.08. The Kier molecular flexibility index (Phi) is 11.0. The summed E-state index contributed by atoms with van der Waals surface area (Å²) in [6, 6.07) is 0.254. The molecule has 0 spiro atoms. The van der Waals surface area contributed by atoms with Crippen molar-refractivity contribution in [1.82, 2.24) is 20.4 Å². The molecule has 2 saturated heterocycles. The summed E-state index contributed by atoms with van der Waals surface area (Å²) in [5.74, 6) is 1.86. The van der Waals surface area contributed by atoms with E-state index in [0.717, 1.165) is 77.2 Å². The SMILES string of the molecule is CN=C(NCCC1CCCN(C(=O)OC(C)(C)C)C1)NC1CCN(C(=O)C2CCCC2)C1.I. The summed E-state index contributed by atoms with van der Waals surface area (Å²) in [4.78, 5) is 33.3. The van der Waals surface area contributed by atoms with E-state index in [9.17, 15) is 9.59 Å². The van der Waals surface area contributed by atoms with E-state index in [4.69, 9.17) is 4.74 Å². The van der Waals surface area contributed by atoms with Crippen molar-refractivity contribution in [3.63, 3.8) is 0 Å². The Morgan fingerprint density at radius 2 is 1.73 bits per heavy atom. The number of piperidine rings is 1. The molecule has 0 aromatic heterocycles. The zero-order chi connectivity index (χ0) is 23.1. The molecule has 2 heterocycles. The molecular formula is C24H44IN5O3. The second-order valence-corrected chi connectivity index (χ2v) is 10.6. The molecule has 33 heavy (non-hydrogen) atoms. The van der Waals surface area contributed by atoms with E-state index >= 15 is 0 Å². The molecule has 0 radical (unpaired) electrons. The highest BCUT2D eigenvalue weighted by molar-refractivity contribution is 14.0. The van der Waals surface area contributed by atoms with E-state index < -0.39 is 5.60 Å². The molecule has 8 nitrogen and oxygen atoms in total. The van der Waals surface area contributed by atoms with Crippen molar-refractivity contribution in [1.29, 1.82) is 0 Å². The molecule has 0 aromatic rings. The molecule has 3 fully saturated rings. The van der Waals surface area contributed by atoms with Gasteiger partial charge in [0.25, 0.3) is 0 Å². The maximum absolute atomic E-state index is 12.7. The fourth-order valence-corrected chi connectivity index (χ4v) is 5.08. The number of carbonyl (C=O) groups excluding carboxylic acids is 2. The summed E-state index contributed by atoms with van der Waals surface area (Å²) in [6.07, 6.45) is 8.40. The number of amides is 2. The molecule has 2 N–H and O–H groups in total. The Labute approximate surface area is 216 Å². The third-order valence-corrected chi connectivity index (χ3v) is 6.78. The minimum absolute atomic E-state index is 0. The molecule has 3 rings (SSSR count). The highest BCUT2D eigenvalue weighted by atomic mass is 127. The van der Waals surface area contributed by atoms with Crippen LogP contribution in [0.4, 0.5) is 4.79 Å². The van der Waals surface area contributed by atoms with Gasteiger partial charge in [-0.25, -0.2) is 4.79 Å². The van der Waals surface area contributed by atoms with Crippen LogP contribution in [0, 0.1) is 11.8 Å². The number of nitrogens with zero attached hydrogens (tertiary/aromatic N) is 3. The van der Waals surface area contributed by atoms with Gasteiger partial charge in [0.2, 0.25) is 5.91 Å². The lowest BCUT2D eigenvalue weighted by atomic mass is 9.95. The number of carbonyl (C=O) groups is 2. The number of rotatable bonds is 5. The van der Waals surface area contributed by atoms with Gasteiger partial charge in [0, 0.05) is 51.7 Å². The van der Waals surface area contributed by atoms with Gasteiger partial charge in [-0.1, -0.05) is 12.8 Å². The minimum atomic E-state index is -0.457. The third-order valence-electron chi connectivity index (χ3n) is 6.78. The summed E-state index contributed by atoms with van der Waals surface area (Å²) in [5.41, 5.74) is -0.457. The number of nitrogens with one attached hydrogen (secondary N) is 2. The average molecular weight is 578 g/mol. The monoisotopic (exact) mass is 577 g/mol. The van der Waals surface area contributed by atoms with E-state index in [1.807, 2.05) is 30.6 Å². The number of hydrogen-bond acceptors (Lipinski definition) is 4. The molecule has 9 heteroatoms. The molecule has 2 atom stereocenters. The van der Waals surface area contributed by atoms with Crippen molar-refractivity contribution in [2.45, 2.75) is 83.8 Å². The molecule has 2 unspecified atom stereocenters.